The lowest BCUT2D eigenvalue weighted by molar-refractivity contribution is -0.137. The Morgan fingerprint density at radius 3 is 1.94 bits per heavy atom. The lowest BCUT2D eigenvalue weighted by Crippen LogP contribution is -2.11. The van der Waals surface area contributed by atoms with Gasteiger partial charge in [-0.1, -0.05) is 84.9 Å². The fourth-order valence-corrected chi connectivity index (χ4v) is 4.40. The minimum Gasteiger partial charge on any atom is -0.354 e. The quantitative estimate of drug-likeness (QED) is 0.325. The molecule has 1 unspecified atom stereocenters. The van der Waals surface area contributed by atoms with Gasteiger partial charge in [-0.15, -0.1) is 0 Å². The van der Waals surface area contributed by atoms with E-state index in [1.807, 2.05) is 84.9 Å². The predicted octanol–water partition coefficient (Wildman–Crippen LogP) is 7.40. The molecule has 0 aliphatic heterocycles. The predicted molar refractivity (Wildman–Crippen MR) is 128 cm³/mol. The highest BCUT2D eigenvalue weighted by Crippen LogP contribution is 2.45. The first kappa shape index (κ1) is 21.7. The molecule has 0 bridgehead atoms. The van der Waals surface area contributed by atoms with Gasteiger partial charge < -0.3 is 5.32 Å². The van der Waals surface area contributed by atoms with Crippen LogP contribution >= 0.6 is 0 Å². The maximum Gasteiger partial charge on any atom is 0.416 e. The Bertz CT molecular complexity index is 1360. The summed E-state index contributed by atoms with van der Waals surface area (Å²) < 4.78 is 39.6. The van der Waals surface area contributed by atoms with Gasteiger partial charge in [0.1, 0.15) is 0 Å². The van der Waals surface area contributed by atoms with Crippen LogP contribution in [0.4, 0.5) is 18.9 Å². The summed E-state index contributed by atoms with van der Waals surface area (Å²) in [5, 5.41) is 3.32. The number of alkyl halides is 3. The van der Waals surface area contributed by atoms with E-state index in [0.717, 1.165) is 34.5 Å². The number of fused-ring (bicyclic) bond motifs is 1. The van der Waals surface area contributed by atoms with E-state index in [1.54, 1.807) is 0 Å². The van der Waals surface area contributed by atoms with Crippen molar-refractivity contribution in [3.8, 4) is 0 Å². The van der Waals surface area contributed by atoms with Crippen LogP contribution in [-0.2, 0) is 11.0 Å². The van der Waals surface area contributed by atoms with Gasteiger partial charge in [0.15, 0.2) is 5.78 Å². The Hall–Kier alpha value is -4.12. The minimum absolute atomic E-state index is 0.0919. The Labute approximate surface area is 195 Å². The molecule has 1 N–H and O–H groups in total. The number of carbonyl (C=O) groups excluding carboxylic acids is 1. The Morgan fingerprint density at radius 1 is 0.706 bits per heavy atom. The monoisotopic (exact) mass is 455 g/mol. The molecule has 4 aromatic carbocycles. The van der Waals surface area contributed by atoms with Crippen LogP contribution in [0.5, 0.6) is 0 Å². The zero-order valence-corrected chi connectivity index (χ0v) is 18.0. The van der Waals surface area contributed by atoms with Crippen molar-refractivity contribution in [2.24, 2.45) is 0 Å². The van der Waals surface area contributed by atoms with Crippen LogP contribution in [0.15, 0.2) is 109 Å². The molecule has 5 rings (SSSR count). The van der Waals surface area contributed by atoms with Crippen LogP contribution in [-0.4, -0.2) is 5.78 Å². The standard InChI is InChI=1S/C29H20F3NO/c30-29(31,32)21-17-15-20(16-18-21)27(33-22-11-5-2-6-12-22)26-24-14-8-7-13-23(24)25(28(26)34)19-9-3-1-4-10-19/h1-18,25,33H. The first-order valence-electron chi connectivity index (χ1n) is 10.9. The van der Waals surface area contributed by atoms with Crippen molar-refractivity contribution >= 4 is 22.7 Å². The number of halogens is 3. The summed E-state index contributed by atoms with van der Waals surface area (Å²) in [7, 11) is 0. The fourth-order valence-electron chi connectivity index (χ4n) is 4.40. The number of ketones is 1. The highest BCUT2D eigenvalue weighted by atomic mass is 19.4. The number of nitrogens with one attached hydrogen (secondary N) is 1. The van der Waals surface area contributed by atoms with Crippen LogP contribution in [0.2, 0.25) is 0 Å². The van der Waals surface area contributed by atoms with Crippen molar-refractivity contribution in [2.45, 2.75) is 12.1 Å². The zero-order valence-electron chi connectivity index (χ0n) is 18.0. The molecule has 0 amide bonds. The number of hydrogen-bond acceptors (Lipinski definition) is 2. The smallest absolute Gasteiger partial charge is 0.354 e. The Morgan fingerprint density at radius 2 is 1.29 bits per heavy atom. The largest absolute Gasteiger partial charge is 0.416 e. The molecule has 0 saturated heterocycles. The third-order valence-corrected chi connectivity index (χ3v) is 5.98. The van der Waals surface area contributed by atoms with E-state index >= 15 is 0 Å². The topological polar surface area (TPSA) is 29.1 Å². The van der Waals surface area contributed by atoms with E-state index < -0.39 is 17.7 Å². The van der Waals surface area contributed by atoms with Crippen LogP contribution < -0.4 is 5.32 Å². The SMILES string of the molecule is O=C1C(=C(Nc2ccccc2)c2ccc(C(F)(F)F)cc2)c2ccccc2C1c1ccccc1. The van der Waals surface area contributed by atoms with Gasteiger partial charge >= 0.3 is 6.18 Å². The van der Waals surface area contributed by atoms with Gasteiger partial charge in [0.05, 0.1) is 22.8 Å². The summed E-state index contributed by atoms with van der Waals surface area (Å²) in [4.78, 5) is 13.9. The molecule has 168 valence electrons. The van der Waals surface area contributed by atoms with Crippen molar-refractivity contribution in [3.05, 3.63) is 137 Å². The molecular formula is C29H20F3NO. The van der Waals surface area contributed by atoms with E-state index in [0.29, 0.717) is 16.8 Å². The fraction of sp³-hybridized carbons (Fsp3) is 0.0690. The number of hydrogen-bond donors (Lipinski definition) is 1. The third kappa shape index (κ3) is 4.01. The second-order valence-electron chi connectivity index (χ2n) is 8.11. The van der Waals surface area contributed by atoms with Gasteiger partial charge in [-0.05, 0) is 46.5 Å². The molecule has 0 saturated carbocycles. The summed E-state index contributed by atoms with van der Waals surface area (Å²) in [6.45, 7) is 0. The summed E-state index contributed by atoms with van der Waals surface area (Å²) in [5.41, 5.74) is 3.99. The second-order valence-corrected chi connectivity index (χ2v) is 8.11. The van der Waals surface area contributed by atoms with Crippen molar-refractivity contribution in [1.29, 1.82) is 0 Å². The molecule has 34 heavy (non-hydrogen) atoms. The number of allylic oxidation sites excluding steroid dienone is 1. The van der Waals surface area contributed by atoms with Gasteiger partial charge in [-0.25, -0.2) is 0 Å². The summed E-state index contributed by atoms with van der Waals surface area (Å²) >= 11 is 0. The van der Waals surface area contributed by atoms with Crippen LogP contribution in [0.3, 0.4) is 0 Å². The lowest BCUT2D eigenvalue weighted by Gasteiger charge is -2.16. The second kappa shape index (κ2) is 8.67. The molecule has 0 aromatic heterocycles. The first-order chi connectivity index (χ1) is 16.4. The van der Waals surface area contributed by atoms with Crippen molar-refractivity contribution in [2.75, 3.05) is 5.32 Å². The zero-order chi connectivity index (χ0) is 23.7. The summed E-state index contributed by atoms with van der Waals surface area (Å²) in [5.74, 6) is -0.569. The van der Waals surface area contributed by atoms with Gasteiger partial charge in [-0.2, -0.15) is 13.2 Å². The molecular weight excluding hydrogens is 435 g/mol. The maximum atomic E-state index is 13.9. The molecule has 0 heterocycles. The van der Waals surface area contributed by atoms with Crippen molar-refractivity contribution < 1.29 is 18.0 Å². The van der Waals surface area contributed by atoms with E-state index in [1.165, 1.54) is 12.1 Å². The molecule has 1 aliphatic rings. The van der Waals surface area contributed by atoms with Crippen LogP contribution in [0, 0.1) is 0 Å². The normalized spacial score (nSPS) is 16.8. The van der Waals surface area contributed by atoms with E-state index in [-0.39, 0.29) is 5.78 Å². The number of benzene rings is 4. The van der Waals surface area contributed by atoms with E-state index in [2.05, 4.69) is 5.32 Å². The summed E-state index contributed by atoms with van der Waals surface area (Å²) in [6, 6.07) is 31.3. The van der Waals surface area contributed by atoms with Crippen molar-refractivity contribution in [3.63, 3.8) is 0 Å². The highest BCUT2D eigenvalue weighted by Gasteiger charge is 2.38. The number of anilines is 1. The van der Waals surface area contributed by atoms with Crippen molar-refractivity contribution in [1.82, 2.24) is 0 Å². The lowest BCUT2D eigenvalue weighted by atomic mass is 9.92. The molecule has 2 nitrogen and oxygen atoms in total. The van der Waals surface area contributed by atoms with E-state index in [4.69, 9.17) is 0 Å². The minimum atomic E-state index is -4.44. The van der Waals surface area contributed by atoms with Crippen LogP contribution in [0.25, 0.3) is 11.3 Å². The number of Topliss-reactive ketones (excluding diaryl/α,β-unsaturated/α-hetero) is 1. The van der Waals surface area contributed by atoms with Gasteiger partial charge in [0, 0.05) is 5.69 Å². The van der Waals surface area contributed by atoms with Gasteiger partial charge in [0.25, 0.3) is 0 Å². The summed E-state index contributed by atoms with van der Waals surface area (Å²) in [6.07, 6.45) is -4.44. The average molecular weight is 455 g/mol. The number of rotatable bonds is 4. The Kier molecular flexibility index (Phi) is 5.54. The molecule has 5 heteroatoms. The number of carbonyl (C=O) groups is 1. The van der Waals surface area contributed by atoms with Gasteiger partial charge in [-0.3, -0.25) is 4.79 Å². The van der Waals surface area contributed by atoms with Gasteiger partial charge in [0.2, 0.25) is 0 Å². The molecule has 0 radical (unpaired) electrons. The molecule has 1 aliphatic carbocycles. The number of para-hydroxylation sites is 1. The molecule has 4 aromatic rings. The maximum absolute atomic E-state index is 13.9. The molecule has 0 fully saturated rings. The Balaban J connectivity index is 1.72. The highest BCUT2D eigenvalue weighted by molar-refractivity contribution is 6.35. The van der Waals surface area contributed by atoms with E-state index in [9.17, 15) is 18.0 Å². The molecule has 0 spiro atoms. The average Bonchev–Trinajstić information content (AvgIpc) is 3.15. The third-order valence-electron chi connectivity index (χ3n) is 5.98. The first-order valence-corrected chi connectivity index (χ1v) is 10.9. The van der Waals surface area contributed by atoms with Crippen LogP contribution in [0.1, 0.15) is 33.7 Å². The molecule has 1 atom stereocenters.